The van der Waals surface area contributed by atoms with E-state index < -0.39 is 5.97 Å². The highest BCUT2D eigenvalue weighted by molar-refractivity contribution is 5.92. The number of rotatable bonds is 4. The molecule has 0 aromatic heterocycles. The minimum atomic E-state index is -1.03. The smallest absolute Gasteiger partial charge is 0.324 e. The molecule has 18 heavy (non-hydrogen) atoms. The maximum Gasteiger partial charge on any atom is 0.324 e. The molecule has 0 aliphatic carbocycles. The highest BCUT2D eigenvalue weighted by Crippen LogP contribution is 2.15. The van der Waals surface area contributed by atoms with E-state index in [1.54, 1.807) is 7.05 Å². The molecule has 0 saturated carbocycles. The summed E-state index contributed by atoms with van der Waals surface area (Å²) in [6.07, 6.45) is 0.941. The lowest BCUT2D eigenvalue weighted by atomic mass is 10.1. The van der Waals surface area contributed by atoms with Crippen molar-refractivity contribution >= 4 is 17.7 Å². The minimum absolute atomic E-state index is 0.309. The van der Waals surface area contributed by atoms with Crippen LogP contribution in [0.15, 0.2) is 24.3 Å². The molecule has 0 heterocycles. The molecule has 0 spiro atoms. The Kier molecular flexibility index (Phi) is 4.71. The number of aryl methyl sites for hydroxylation is 1. The van der Waals surface area contributed by atoms with Gasteiger partial charge in [-0.3, -0.25) is 9.69 Å². The summed E-state index contributed by atoms with van der Waals surface area (Å²) in [6, 6.07) is 7.27. The molecule has 0 saturated heterocycles. The van der Waals surface area contributed by atoms with Crippen LogP contribution >= 0.6 is 0 Å². The van der Waals surface area contributed by atoms with Gasteiger partial charge in [-0.2, -0.15) is 0 Å². The molecule has 1 aromatic rings. The van der Waals surface area contributed by atoms with Gasteiger partial charge in [-0.25, -0.2) is 4.79 Å². The van der Waals surface area contributed by atoms with Crippen LogP contribution in [0.1, 0.15) is 12.5 Å². The Bertz CT molecular complexity index is 428. The molecule has 1 rings (SSSR count). The first-order chi connectivity index (χ1) is 8.45. The molecular weight excluding hydrogens is 232 g/mol. The van der Waals surface area contributed by atoms with Crippen molar-refractivity contribution in [2.75, 3.05) is 25.5 Å². The number of nitrogens with zero attached hydrogens (tertiary/aromatic N) is 2. The van der Waals surface area contributed by atoms with Crippen molar-refractivity contribution in [3.8, 4) is 0 Å². The second kappa shape index (κ2) is 6.05. The Morgan fingerprint density at radius 3 is 2.17 bits per heavy atom. The van der Waals surface area contributed by atoms with Crippen molar-refractivity contribution in [2.45, 2.75) is 13.3 Å². The van der Waals surface area contributed by atoms with Crippen molar-refractivity contribution in [3.05, 3.63) is 29.8 Å². The zero-order valence-corrected chi connectivity index (χ0v) is 10.9. The van der Waals surface area contributed by atoms with E-state index in [0.717, 1.165) is 17.0 Å². The summed E-state index contributed by atoms with van der Waals surface area (Å²) in [5.74, 6) is -1.03. The highest BCUT2D eigenvalue weighted by Gasteiger charge is 2.17. The van der Waals surface area contributed by atoms with Gasteiger partial charge >= 0.3 is 12.0 Å². The summed E-state index contributed by atoms with van der Waals surface area (Å²) in [6.45, 7) is 1.75. The molecule has 5 heteroatoms. The van der Waals surface area contributed by atoms with Crippen LogP contribution in [0.25, 0.3) is 0 Å². The molecule has 98 valence electrons. The maximum atomic E-state index is 11.9. The zero-order valence-electron chi connectivity index (χ0n) is 10.9. The molecule has 0 radical (unpaired) electrons. The summed E-state index contributed by atoms with van der Waals surface area (Å²) in [7, 11) is 3.09. The molecule has 5 nitrogen and oxygen atoms in total. The fourth-order valence-electron chi connectivity index (χ4n) is 1.59. The van der Waals surface area contributed by atoms with E-state index in [4.69, 9.17) is 5.11 Å². The number of benzene rings is 1. The first-order valence-electron chi connectivity index (χ1n) is 5.75. The SMILES string of the molecule is CCc1ccc(N(C)C(=O)N(C)CC(=O)O)cc1. The van der Waals surface area contributed by atoms with Crippen molar-refractivity contribution in [2.24, 2.45) is 0 Å². The molecule has 0 aliphatic heterocycles. The maximum absolute atomic E-state index is 11.9. The molecule has 0 fully saturated rings. The standard InChI is InChI=1S/C13H18N2O3/c1-4-10-5-7-11(8-6-10)15(3)13(18)14(2)9-12(16)17/h5-8H,4,9H2,1-3H3,(H,16,17). The number of carbonyl (C=O) groups excluding carboxylic acids is 1. The van der Waals surface area contributed by atoms with Gasteiger partial charge in [0.1, 0.15) is 6.54 Å². The van der Waals surface area contributed by atoms with Gasteiger partial charge in [0.2, 0.25) is 0 Å². The van der Waals surface area contributed by atoms with Gasteiger partial charge in [0.05, 0.1) is 0 Å². The fraction of sp³-hybridized carbons (Fsp3) is 0.385. The van der Waals surface area contributed by atoms with Gasteiger partial charge in [-0.15, -0.1) is 0 Å². The van der Waals surface area contributed by atoms with Crippen LogP contribution in [0.4, 0.5) is 10.5 Å². The first kappa shape index (κ1) is 14.0. The molecular formula is C13H18N2O3. The van der Waals surface area contributed by atoms with E-state index in [-0.39, 0.29) is 12.6 Å². The molecule has 0 unspecified atom stereocenters. The van der Waals surface area contributed by atoms with Crippen LogP contribution in [0.3, 0.4) is 0 Å². The lowest BCUT2D eigenvalue weighted by Crippen LogP contribution is -2.41. The Hall–Kier alpha value is -2.04. The zero-order chi connectivity index (χ0) is 13.7. The lowest BCUT2D eigenvalue weighted by Gasteiger charge is -2.23. The molecule has 0 atom stereocenters. The van der Waals surface area contributed by atoms with E-state index in [0.29, 0.717) is 0 Å². The molecule has 0 aliphatic rings. The number of anilines is 1. The summed E-state index contributed by atoms with van der Waals surface area (Å²) in [4.78, 5) is 25.1. The second-order valence-electron chi connectivity index (χ2n) is 4.11. The van der Waals surface area contributed by atoms with Crippen LogP contribution in [-0.2, 0) is 11.2 Å². The summed E-state index contributed by atoms with van der Waals surface area (Å²) in [5, 5.41) is 8.64. The molecule has 1 N–H and O–H groups in total. The number of likely N-dealkylation sites (N-methyl/N-ethyl adjacent to an activating group) is 1. The lowest BCUT2D eigenvalue weighted by molar-refractivity contribution is -0.137. The number of hydrogen-bond donors (Lipinski definition) is 1. The van der Waals surface area contributed by atoms with Crippen molar-refractivity contribution in [3.63, 3.8) is 0 Å². The summed E-state index contributed by atoms with van der Waals surface area (Å²) >= 11 is 0. The third-order valence-electron chi connectivity index (χ3n) is 2.72. The third kappa shape index (κ3) is 3.48. The van der Waals surface area contributed by atoms with E-state index >= 15 is 0 Å². The molecule has 2 amide bonds. The van der Waals surface area contributed by atoms with Gasteiger partial charge in [0, 0.05) is 19.8 Å². The van der Waals surface area contributed by atoms with Gasteiger partial charge < -0.3 is 10.0 Å². The largest absolute Gasteiger partial charge is 0.480 e. The van der Waals surface area contributed by atoms with Gasteiger partial charge in [0.15, 0.2) is 0 Å². The Morgan fingerprint density at radius 1 is 1.17 bits per heavy atom. The van der Waals surface area contributed by atoms with Crippen LogP contribution in [0.5, 0.6) is 0 Å². The number of aliphatic carboxylic acids is 1. The van der Waals surface area contributed by atoms with E-state index in [2.05, 4.69) is 6.92 Å². The van der Waals surface area contributed by atoms with E-state index in [1.807, 2.05) is 24.3 Å². The third-order valence-corrected chi connectivity index (χ3v) is 2.72. The average Bonchev–Trinajstić information content (AvgIpc) is 2.36. The number of carboxylic acid groups (broad SMARTS) is 1. The van der Waals surface area contributed by atoms with Gasteiger partial charge in [-0.1, -0.05) is 19.1 Å². The predicted octanol–water partition coefficient (Wildman–Crippen LogP) is 1.82. The highest BCUT2D eigenvalue weighted by atomic mass is 16.4. The topological polar surface area (TPSA) is 60.9 Å². The van der Waals surface area contributed by atoms with E-state index in [1.165, 1.54) is 17.5 Å². The Balaban J connectivity index is 2.75. The normalized spacial score (nSPS) is 9.94. The molecule has 0 bridgehead atoms. The van der Waals surface area contributed by atoms with Crippen LogP contribution in [0, 0.1) is 0 Å². The number of carbonyl (C=O) groups is 2. The number of amides is 2. The summed E-state index contributed by atoms with van der Waals surface area (Å²) < 4.78 is 0. The van der Waals surface area contributed by atoms with Crippen LogP contribution in [-0.4, -0.2) is 42.6 Å². The van der Waals surface area contributed by atoms with Crippen molar-refractivity contribution in [1.29, 1.82) is 0 Å². The average molecular weight is 250 g/mol. The number of urea groups is 1. The second-order valence-corrected chi connectivity index (χ2v) is 4.11. The van der Waals surface area contributed by atoms with Gasteiger partial charge in [-0.05, 0) is 24.1 Å². The molecule has 1 aromatic carbocycles. The first-order valence-corrected chi connectivity index (χ1v) is 5.75. The number of hydrogen-bond acceptors (Lipinski definition) is 2. The van der Waals surface area contributed by atoms with Crippen molar-refractivity contribution < 1.29 is 14.7 Å². The summed E-state index contributed by atoms with van der Waals surface area (Å²) in [5.41, 5.74) is 1.94. The van der Waals surface area contributed by atoms with Gasteiger partial charge in [0.25, 0.3) is 0 Å². The fourth-order valence-corrected chi connectivity index (χ4v) is 1.59. The predicted molar refractivity (Wildman–Crippen MR) is 69.9 cm³/mol. The van der Waals surface area contributed by atoms with Crippen molar-refractivity contribution in [1.82, 2.24) is 4.90 Å². The number of carboxylic acids is 1. The Labute approximate surface area is 107 Å². The van der Waals surface area contributed by atoms with E-state index in [9.17, 15) is 9.59 Å². The van der Waals surface area contributed by atoms with Crippen LogP contribution in [0.2, 0.25) is 0 Å². The van der Waals surface area contributed by atoms with Crippen LogP contribution < -0.4 is 4.90 Å². The monoisotopic (exact) mass is 250 g/mol. The minimum Gasteiger partial charge on any atom is -0.480 e. The Morgan fingerprint density at radius 2 is 1.72 bits per heavy atom. The quantitative estimate of drug-likeness (QED) is 0.886.